The Morgan fingerprint density at radius 1 is 1.31 bits per heavy atom. The van der Waals surface area contributed by atoms with Crippen molar-refractivity contribution in [2.45, 2.75) is 58.3 Å². The van der Waals surface area contributed by atoms with Crippen molar-refractivity contribution < 1.29 is 9.47 Å². The van der Waals surface area contributed by atoms with Crippen LogP contribution in [0.5, 0.6) is 0 Å². The second-order valence-electron chi connectivity index (χ2n) is 5.60. The molecule has 0 aromatic rings. The van der Waals surface area contributed by atoms with Crippen molar-refractivity contribution in [3.63, 3.8) is 0 Å². The molecule has 1 aliphatic heterocycles. The molecule has 2 atom stereocenters. The Hall–Kier alpha value is -0.120. The molecule has 1 saturated carbocycles. The summed E-state index contributed by atoms with van der Waals surface area (Å²) in [6.45, 7) is 9.59. The maximum Gasteiger partial charge on any atom is 0.0659 e. The molecular weight excluding hydrogens is 202 g/mol. The number of rotatable bonds is 4. The minimum absolute atomic E-state index is 0.286. The van der Waals surface area contributed by atoms with Crippen LogP contribution in [0.25, 0.3) is 0 Å². The lowest BCUT2D eigenvalue weighted by atomic mass is 9.64. The van der Waals surface area contributed by atoms with Crippen LogP contribution in [0.3, 0.4) is 0 Å². The molecule has 1 heterocycles. The first kappa shape index (κ1) is 12.3. The van der Waals surface area contributed by atoms with Gasteiger partial charge in [0.2, 0.25) is 0 Å². The van der Waals surface area contributed by atoms with Crippen LogP contribution < -0.4 is 5.32 Å². The van der Waals surface area contributed by atoms with E-state index in [1.165, 1.54) is 0 Å². The Kier molecular flexibility index (Phi) is 3.88. The summed E-state index contributed by atoms with van der Waals surface area (Å²) in [5.74, 6) is 0. The molecule has 0 amide bonds. The van der Waals surface area contributed by atoms with Gasteiger partial charge < -0.3 is 14.8 Å². The molecule has 0 aromatic heterocycles. The van der Waals surface area contributed by atoms with Crippen molar-refractivity contribution in [3.8, 4) is 0 Å². The number of hydrogen-bond donors (Lipinski definition) is 1. The van der Waals surface area contributed by atoms with Gasteiger partial charge >= 0.3 is 0 Å². The van der Waals surface area contributed by atoms with Crippen LogP contribution in [-0.2, 0) is 9.47 Å². The van der Waals surface area contributed by atoms with Crippen LogP contribution in [-0.4, -0.2) is 38.0 Å². The first-order valence-electron chi connectivity index (χ1n) is 6.61. The highest BCUT2D eigenvalue weighted by atomic mass is 16.5. The molecule has 1 saturated heterocycles. The van der Waals surface area contributed by atoms with Crippen LogP contribution in [0.15, 0.2) is 0 Å². The zero-order valence-corrected chi connectivity index (χ0v) is 10.8. The molecule has 2 rings (SSSR count). The third-order valence-electron chi connectivity index (χ3n) is 4.15. The summed E-state index contributed by atoms with van der Waals surface area (Å²) in [4.78, 5) is 0. The summed E-state index contributed by atoms with van der Waals surface area (Å²) in [6, 6.07) is 0.627. The van der Waals surface area contributed by atoms with Gasteiger partial charge in [-0.1, -0.05) is 20.8 Å². The molecule has 0 spiro atoms. The topological polar surface area (TPSA) is 30.5 Å². The molecule has 1 N–H and O–H groups in total. The van der Waals surface area contributed by atoms with Crippen molar-refractivity contribution in [1.82, 2.24) is 5.32 Å². The average molecular weight is 227 g/mol. The number of nitrogens with one attached hydrogen (secondary N) is 1. The van der Waals surface area contributed by atoms with Gasteiger partial charge in [-0.05, 0) is 25.8 Å². The summed E-state index contributed by atoms with van der Waals surface area (Å²) in [5.41, 5.74) is 0.286. The van der Waals surface area contributed by atoms with Crippen LogP contribution in [0.1, 0.15) is 40.0 Å². The van der Waals surface area contributed by atoms with Crippen molar-refractivity contribution in [1.29, 1.82) is 0 Å². The van der Waals surface area contributed by atoms with Gasteiger partial charge in [0, 0.05) is 24.7 Å². The minimum atomic E-state index is 0.286. The molecule has 3 heteroatoms. The van der Waals surface area contributed by atoms with Crippen molar-refractivity contribution >= 4 is 0 Å². The normalized spacial score (nSPS) is 34.7. The quantitative estimate of drug-likeness (QED) is 0.796. The fraction of sp³-hybridized carbons (Fsp3) is 1.00. The van der Waals surface area contributed by atoms with E-state index >= 15 is 0 Å². The van der Waals surface area contributed by atoms with Crippen LogP contribution in [0.2, 0.25) is 0 Å². The summed E-state index contributed by atoms with van der Waals surface area (Å²) >= 11 is 0. The van der Waals surface area contributed by atoms with E-state index in [1.807, 2.05) is 0 Å². The lowest BCUT2D eigenvalue weighted by Crippen LogP contribution is -2.61. The van der Waals surface area contributed by atoms with Crippen molar-refractivity contribution in [2.24, 2.45) is 5.41 Å². The van der Waals surface area contributed by atoms with E-state index in [2.05, 4.69) is 26.1 Å². The van der Waals surface area contributed by atoms with Crippen molar-refractivity contribution in [2.75, 3.05) is 19.8 Å². The van der Waals surface area contributed by atoms with Gasteiger partial charge in [-0.2, -0.15) is 0 Å². The summed E-state index contributed by atoms with van der Waals surface area (Å²) in [7, 11) is 0. The third-order valence-corrected chi connectivity index (χ3v) is 4.15. The van der Waals surface area contributed by atoms with Crippen molar-refractivity contribution in [3.05, 3.63) is 0 Å². The van der Waals surface area contributed by atoms with Gasteiger partial charge in [0.05, 0.1) is 12.2 Å². The van der Waals surface area contributed by atoms with E-state index in [4.69, 9.17) is 9.47 Å². The summed E-state index contributed by atoms with van der Waals surface area (Å²) < 4.78 is 11.6. The molecule has 0 aromatic carbocycles. The van der Waals surface area contributed by atoms with E-state index in [0.29, 0.717) is 18.2 Å². The molecule has 94 valence electrons. The number of hydrogen-bond acceptors (Lipinski definition) is 3. The van der Waals surface area contributed by atoms with Gasteiger partial charge in [-0.15, -0.1) is 0 Å². The zero-order valence-electron chi connectivity index (χ0n) is 10.8. The molecule has 2 fully saturated rings. The molecule has 0 radical (unpaired) electrons. The first-order chi connectivity index (χ1) is 7.64. The van der Waals surface area contributed by atoms with Crippen LogP contribution in [0.4, 0.5) is 0 Å². The Labute approximate surface area is 98.9 Å². The molecule has 2 unspecified atom stereocenters. The second-order valence-corrected chi connectivity index (χ2v) is 5.60. The standard InChI is InChI=1S/C13H25NO2/c1-4-14-11-9-12(13(11,2)3)16-10-5-7-15-8-6-10/h10-12,14H,4-9H2,1-3H3. The highest BCUT2D eigenvalue weighted by Gasteiger charge is 2.49. The second kappa shape index (κ2) is 5.03. The van der Waals surface area contributed by atoms with Crippen LogP contribution >= 0.6 is 0 Å². The highest BCUT2D eigenvalue weighted by Crippen LogP contribution is 2.43. The predicted molar refractivity (Wildman–Crippen MR) is 64.6 cm³/mol. The fourth-order valence-electron chi connectivity index (χ4n) is 2.75. The monoisotopic (exact) mass is 227 g/mol. The maximum absolute atomic E-state index is 6.20. The van der Waals surface area contributed by atoms with Gasteiger partial charge in [0.25, 0.3) is 0 Å². The number of ether oxygens (including phenoxy) is 2. The smallest absolute Gasteiger partial charge is 0.0659 e. The SMILES string of the molecule is CCNC1CC(OC2CCOCC2)C1(C)C. The minimum Gasteiger partial charge on any atom is -0.381 e. The van der Waals surface area contributed by atoms with Gasteiger partial charge in [0.15, 0.2) is 0 Å². The van der Waals surface area contributed by atoms with Gasteiger partial charge in [-0.25, -0.2) is 0 Å². The van der Waals surface area contributed by atoms with E-state index < -0.39 is 0 Å². The van der Waals surface area contributed by atoms with E-state index in [9.17, 15) is 0 Å². The Morgan fingerprint density at radius 3 is 2.56 bits per heavy atom. The molecule has 1 aliphatic carbocycles. The van der Waals surface area contributed by atoms with E-state index in [0.717, 1.165) is 39.0 Å². The Balaban J connectivity index is 1.79. The summed E-state index contributed by atoms with van der Waals surface area (Å²) in [6.07, 6.45) is 4.16. The van der Waals surface area contributed by atoms with E-state index in [1.54, 1.807) is 0 Å². The Bertz CT molecular complexity index is 224. The molecule has 2 aliphatic rings. The fourth-order valence-corrected chi connectivity index (χ4v) is 2.75. The summed E-state index contributed by atoms with van der Waals surface area (Å²) in [5, 5.41) is 3.53. The maximum atomic E-state index is 6.20. The third kappa shape index (κ3) is 2.41. The van der Waals surface area contributed by atoms with E-state index in [-0.39, 0.29) is 5.41 Å². The lowest BCUT2D eigenvalue weighted by molar-refractivity contribution is -0.164. The highest BCUT2D eigenvalue weighted by molar-refractivity contribution is 5.03. The molecule has 16 heavy (non-hydrogen) atoms. The zero-order chi connectivity index (χ0) is 11.6. The molecule has 3 nitrogen and oxygen atoms in total. The Morgan fingerprint density at radius 2 is 2.00 bits per heavy atom. The largest absolute Gasteiger partial charge is 0.381 e. The lowest BCUT2D eigenvalue weighted by Gasteiger charge is -2.53. The van der Waals surface area contributed by atoms with Crippen LogP contribution in [0, 0.1) is 5.41 Å². The van der Waals surface area contributed by atoms with Gasteiger partial charge in [-0.3, -0.25) is 0 Å². The predicted octanol–water partition coefficient (Wildman–Crippen LogP) is 1.96. The van der Waals surface area contributed by atoms with Gasteiger partial charge in [0.1, 0.15) is 0 Å². The molecular formula is C13H25NO2. The first-order valence-corrected chi connectivity index (χ1v) is 6.61. The molecule has 0 bridgehead atoms. The average Bonchev–Trinajstić information content (AvgIpc) is 2.29.